The number of rotatable bonds is 7. The zero-order valence-electron chi connectivity index (χ0n) is 11.8. The molecule has 0 radical (unpaired) electrons. The summed E-state index contributed by atoms with van der Waals surface area (Å²) >= 11 is 0. The second-order valence-electron chi connectivity index (χ2n) is 4.98. The van der Waals surface area contributed by atoms with Crippen LogP contribution in [0.15, 0.2) is 12.1 Å². The number of hydrogen-bond acceptors (Lipinski definition) is 5. The molecule has 5 heteroatoms. The molecule has 1 saturated carbocycles. The number of benzene rings is 1. The fourth-order valence-electron chi connectivity index (χ4n) is 2.01. The lowest BCUT2D eigenvalue weighted by Gasteiger charge is -2.15. The van der Waals surface area contributed by atoms with Gasteiger partial charge in [-0.3, -0.25) is 0 Å². The van der Waals surface area contributed by atoms with Gasteiger partial charge in [0.2, 0.25) is 0 Å². The Labute approximate surface area is 114 Å². The van der Waals surface area contributed by atoms with Crippen LogP contribution in [0.25, 0.3) is 0 Å². The third-order valence-electron chi connectivity index (χ3n) is 3.47. The van der Waals surface area contributed by atoms with Gasteiger partial charge in [0.1, 0.15) is 5.75 Å². The van der Waals surface area contributed by atoms with Gasteiger partial charge >= 0.3 is 0 Å². The highest BCUT2D eigenvalue weighted by Crippen LogP contribution is 2.35. The second kappa shape index (κ2) is 5.67. The molecule has 0 heterocycles. The lowest BCUT2D eigenvalue weighted by Crippen LogP contribution is -2.35. The number of nitrogens with two attached hydrogens (primary N) is 1. The summed E-state index contributed by atoms with van der Waals surface area (Å²) in [4.78, 5) is 0. The topological polar surface area (TPSA) is 65.7 Å². The first-order chi connectivity index (χ1) is 9.11. The van der Waals surface area contributed by atoms with Gasteiger partial charge in [-0.15, -0.1) is 0 Å². The summed E-state index contributed by atoms with van der Waals surface area (Å²) in [5, 5.41) is 3.37. The van der Waals surface area contributed by atoms with Crippen LogP contribution in [0.1, 0.15) is 18.4 Å². The maximum atomic E-state index is 6.04. The van der Waals surface area contributed by atoms with Crippen LogP contribution < -0.4 is 25.3 Å². The molecular weight excluding hydrogens is 244 g/mol. The molecule has 1 fully saturated rings. The largest absolute Gasteiger partial charge is 0.496 e. The van der Waals surface area contributed by atoms with Crippen molar-refractivity contribution in [2.45, 2.75) is 24.9 Å². The van der Waals surface area contributed by atoms with Crippen LogP contribution in [0.2, 0.25) is 0 Å². The van der Waals surface area contributed by atoms with Gasteiger partial charge in [-0.25, -0.2) is 0 Å². The van der Waals surface area contributed by atoms with E-state index in [0.717, 1.165) is 30.7 Å². The van der Waals surface area contributed by atoms with Crippen molar-refractivity contribution in [2.75, 3.05) is 27.9 Å². The maximum Gasteiger partial charge on any atom is 0.164 e. The SMILES string of the molecule is COc1cc(OC)c(OC)cc1CNCC1(N)CC1. The van der Waals surface area contributed by atoms with Crippen molar-refractivity contribution in [1.82, 2.24) is 5.32 Å². The van der Waals surface area contributed by atoms with Crippen molar-refractivity contribution < 1.29 is 14.2 Å². The predicted molar refractivity (Wildman–Crippen MR) is 74.0 cm³/mol. The molecule has 0 saturated heterocycles. The Kier molecular flexibility index (Phi) is 4.17. The number of nitrogens with one attached hydrogen (secondary N) is 1. The molecule has 0 unspecified atom stereocenters. The summed E-state index contributed by atoms with van der Waals surface area (Å²) in [6.07, 6.45) is 2.20. The van der Waals surface area contributed by atoms with Crippen LogP contribution in [-0.2, 0) is 6.54 Å². The third kappa shape index (κ3) is 3.30. The number of ether oxygens (including phenoxy) is 3. The summed E-state index contributed by atoms with van der Waals surface area (Å²) < 4.78 is 15.9. The first-order valence-corrected chi connectivity index (χ1v) is 6.40. The first-order valence-electron chi connectivity index (χ1n) is 6.40. The lowest BCUT2D eigenvalue weighted by atomic mass is 10.1. The second-order valence-corrected chi connectivity index (χ2v) is 4.98. The average Bonchev–Trinajstić information content (AvgIpc) is 3.16. The van der Waals surface area contributed by atoms with E-state index in [4.69, 9.17) is 19.9 Å². The van der Waals surface area contributed by atoms with E-state index in [9.17, 15) is 0 Å². The smallest absolute Gasteiger partial charge is 0.164 e. The van der Waals surface area contributed by atoms with Crippen molar-refractivity contribution in [3.8, 4) is 17.2 Å². The summed E-state index contributed by atoms with van der Waals surface area (Å²) in [7, 11) is 4.89. The highest BCUT2D eigenvalue weighted by Gasteiger charge is 2.37. The molecule has 1 aliphatic rings. The van der Waals surface area contributed by atoms with Crippen molar-refractivity contribution >= 4 is 0 Å². The minimum atomic E-state index is 0.00376. The quantitative estimate of drug-likeness (QED) is 0.778. The van der Waals surface area contributed by atoms with E-state index < -0.39 is 0 Å². The normalized spacial score (nSPS) is 16.0. The van der Waals surface area contributed by atoms with Crippen molar-refractivity contribution in [3.05, 3.63) is 17.7 Å². The Morgan fingerprint density at radius 2 is 1.63 bits per heavy atom. The van der Waals surface area contributed by atoms with E-state index in [2.05, 4.69) is 5.32 Å². The lowest BCUT2D eigenvalue weighted by molar-refractivity contribution is 0.347. The standard InChI is InChI=1S/C14H22N2O3/c1-17-11-7-13(19-3)12(18-2)6-10(11)8-16-9-14(15)4-5-14/h6-7,16H,4-5,8-9,15H2,1-3H3. The molecule has 1 aliphatic carbocycles. The molecule has 0 bridgehead atoms. The van der Waals surface area contributed by atoms with Crippen molar-refractivity contribution in [2.24, 2.45) is 5.73 Å². The maximum absolute atomic E-state index is 6.04. The van der Waals surface area contributed by atoms with E-state index in [1.165, 1.54) is 0 Å². The zero-order chi connectivity index (χ0) is 13.9. The molecular formula is C14H22N2O3. The van der Waals surface area contributed by atoms with Crippen LogP contribution in [0.3, 0.4) is 0 Å². The molecule has 0 spiro atoms. The fourth-order valence-corrected chi connectivity index (χ4v) is 2.01. The Morgan fingerprint density at radius 1 is 1.05 bits per heavy atom. The molecule has 2 rings (SSSR count). The van der Waals surface area contributed by atoms with Gasteiger partial charge in [0.25, 0.3) is 0 Å². The minimum Gasteiger partial charge on any atom is -0.496 e. The van der Waals surface area contributed by atoms with Crippen LogP contribution in [0.4, 0.5) is 0 Å². The van der Waals surface area contributed by atoms with Gasteiger partial charge in [-0.2, -0.15) is 0 Å². The molecule has 0 amide bonds. The highest BCUT2D eigenvalue weighted by atomic mass is 16.5. The van der Waals surface area contributed by atoms with E-state index in [-0.39, 0.29) is 5.54 Å². The first kappa shape index (κ1) is 14.0. The van der Waals surface area contributed by atoms with Crippen LogP contribution in [0, 0.1) is 0 Å². The fraction of sp³-hybridized carbons (Fsp3) is 0.571. The van der Waals surface area contributed by atoms with Gasteiger partial charge in [0.05, 0.1) is 21.3 Å². The molecule has 3 N–H and O–H groups in total. The van der Waals surface area contributed by atoms with E-state index in [0.29, 0.717) is 18.0 Å². The van der Waals surface area contributed by atoms with Gasteiger partial charge in [0, 0.05) is 30.3 Å². The zero-order valence-corrected chi connectivity index (χ0v) is 11.8. The molecule has 5 nitrogen and oxygen atoms in total. The van der Waals surface area contributed by atoms with Crippen molar-refractivity contribution in [1.29, 1.82) is 0 Å². The summed E-state index contributed by atoms with van der Waals surface area (Å²) in [5.74, 6) is 2.15. The molecule has 1 aromatic carbocycles. The summed E-state index contributed by atoms with van der Waals surface area (Å²) in [6, 6.07) is 3.77. The molecule has 106 valence electrons. The molecule has 19 heavy (non-hydrogen) atoms. The predicted octanol–water partition coefficient (Wildman–Crippen LogP) is 1.29. The van der Waals surface area contributed by atoms with E-state index in [1.807, 2.05) is 12.1 Å². The highest BCUT2D eigenvalue weighted by molar-refractivity contribution is 5.50. The van der Waals surface area contributed by atoms with E-state index in [1.54, 1.807) is 21.3 Å². The Balaban J connectivity index is 2.08. The third-order valence-corrected chi connectivity index (χ3v) is 3.47. The Morgan fingerprint density at radius 3 is 2.16 bits per heavy atom. The molecule has 0 aromatic heterocycles. The number of methoxy groups -OCH3 is 3. The van der Waals surface area contributed by atoms with Gasteiger partial charge in [0.15, 0.2) is 11.5 Å². The van der Waals surface area contributed by atoms with Gasteiger partial charge < -0.3 is 25.3 Å². The number of hydrogen-bond donors (Lipinski definition) is 2. The monoisotopic (exact) mass is 266 g/mol. The van der Waals surface area contributed by atoms with Gasteiger partial charge in [-0.05, 0) is 18.9 Å². The molecule has 0 atom stereocenters. The summed E-state index contributed by atoms with van der Waals surface area (Å²) in [5.41, 5.74) is 7.08. The summed E-state index contributed by atoms with van der Waals surface area (Å²) in [6.45, 7) is 1.52. The Hall–Kier alpha value is -1.46. The van der Waals surface area contributed by atoms with E-state index >= 15 is 0 Å². The van der Waals surface area contributed by atoms with Crippen molar-refractivity contribution in [3.63, 3.8) is 0 Å². The average molecular weight is 266 g/mol. The van der Waals surface area contributed by atoms with Crippen LogP contribution in [0.5, 0.6) is 17.2 Å². The molecule has 1 aromatic rings. The van der Waals surface area contributed by atoms with Gasteiger partial charge in [-0.1, -0.05) is 0 Å². The minimum absolute atomic E-state index is 0.00376. The van der Waals surface area contributed by atoms with Crippen LogP contribution >= 0.6 is 0 Å². The molecule has 0 aliphatic heterocycles. The Bertz CT molecular complexity index is 445. The van der Waals surface area contributed by atoms with Crippen LogP contribution in [-0.4, -0.2) is 33.4 Å².